The molecule has 0 fully saturated rings. The first-order valence-corrected chi connectivity index (χ1v) is 47.5. The fourth-order valence-corrected chi connectivity index (χ4v) is 29.4. The van der Waals surface area contributed by atoms with Gasteiger partial charge in [0, 0.05) is 21.8 Å². The van der Waals surface area contributed by atoms with E-state index in [1.807, 2.05) is 16.7 Å². The van der Waals surface area contributed by atoms with E-state index < -0.39 is 21.8 Å². The first kappa shape index (κ1) is 82.5. The van der Waals surface area contributed by atoms with E-state index in [0.717, 1.165) is 0 Å². The minimum atomic E-state index is -1.20. The maximum Gasteiger partial charge on any atom is 0.0843 e. The first-order valence-electron chi connectivity index (χ1n) is 40.0. The summed E-state index contributed by atoms with van der Waals surface area (Å²) in [6.07, 6.45) is 97.6. The van der Waals surface area contributed by atoms with Crippen LogP contribution in [0.1, 0.15) is 426 Å². The van der Waals surface area contributed by atoms with Crippen molar-refractivity contribution in [3.05, 3.63) is 34.9 Å². The van der Waals surface area contributed by atoms with Crippen molar-refractivity contribution in [2.45, 2.75) is 428 Å². The van der Waals surface area contributed by atoms with Crippen LogP contribution in [0.15, 0.2) is 18.2 Å². The summed E-state index contributed by atoms with van der Waals surface area (Å²) in [6, 6.07) is 9.07. The molecule has 0 aliphatic heterocycles. The van der Waals surface area contributed by atoms with E-state index in [9.17, 15) is 0 Å². The molecule has 0 spiro atoms. The summed E-state index contributed by atoms with van der Waals surface area (Å²) >= 11 is 0. The lowest BCUT2D eigenvalue weighted by molar-refractivity contribution is 0.615. The molecule has 498 valence electrons. The Hall–Kier alpha value is 0.510. The van der Waals surface area contributed by atoms with E-state index in [4.69, 9.17) is 0 Å². The van der Waals surface area contributed by atoms with Crippen LogP contribution in [0.4, 0.5) is 0 Å². The van der Waals surface area contributed by atoms with Gasteiger partial charge in [-0.15, -0.1) is 0 Å². The van der Waals surface area contributed by atoms with Crippen molar-refractivity contribution >= 4 is 21.8 Å². The molecule has 0 bridgehead atoms. The lowest BCUT2D eigenvalue weighted by Crippen LogP contribution is -2.15. The molecule has 0 amide bonds. The van der Waals surface area contributed by atoms with Crippen molar-refractivity contribution < 1.29 is 0 Å². The predicted octanol–water partition coefficient (Wildman–Crippen LogP) is 30.5. The number of hydrogen-bond donors (Lipinski definition) is 0. The molecule has 0 saturated heterocycles. The molecule has 0 unspecified atom stereocenters. The Morgan fingerprint density at radius 3 is 0.381 bits per heavy atom. The zero-order valence-electron chi connectivity index (χ0n) is 60.2. The van der Waals surface area contributed by atoms with Gasteiger partial charge in [-0.3, -0.25) is 0 Å². The summed E-state index contributed by atoms with van der Waals surface area (Å²) in [5.41, 5.74) is 5.65. The highest BCUT2D eigenvalue weighted by Gasteiger charge is 2.41. The topological polar surface area (TPSA) is 0 Å². The number of unbranched alkanes of at least 4 members (excludes halogenated alkanes) is 45. The monoisotopic (exact) mass is 1230 g/mol. The third-order valence-corrected chi connectivity index (χ3v) is 35.0. The molecule has 0 nitrogen and oxygen atoms in total. The van der Waals surface area contributed by atoms with Gasteiger partial charge in [0.1, 0.15) is 0 Å². The van der Waals surface area contributed by atoms with Gasteiger partial charge in [0.05, 0.1) is 73.9 Å². The van der Waals surface area contributed by atoms with Crippen LogP contribution < -0.4 is 0 Å². The van der Waals surface area contributed by atoms with Crippen molar-refractivity contribution in [3.63, 3.8) is 0 Å². The van der Waals surface area contributed by atoms with Crippen LogP contribution in [-0.4, -0.2) is 55.5 Å². The van der Waals surface area contributed by atoms with Crippen molar-refractivity contribution in [1.29, 1.82) is 0 Å². The minimum absolute atomic E-state index is 1.20. The summed E-state index contributed by atoms with van der Waals surface area (Å²) in [5, 5.41) is 0. The van der Waals surface area contributed by atoms with Crippen LogP contribution in [0.25, 0.3) is 0 Å². The Balaban J connectivity index is 4.34. The maximum atomic E-state index is 3.02. The third-order valence-electron chi connectivity index (χ3n) is 20.5. The number of rotatable bonds is 69. The average Bonchev–Trinajstić information content (AvgIpc) is 3.24. The van der Waals surface area contributed by atoms with Crippen molar-refractivity contribution in [3.8, 4) is 0 Å². The Bertz CT molecular complexity index is 1160. The van der Waals surface area contributed by atoms with Crippen LogP contribution in [0.5, 0.6) is 0 Å². The van der Waals surface area contributed by atoms with E-state index in [1.54, 1.807) is 55.5 Å². The van der Waals surface area contributed by atoms with Gasteiger partial charge in [-0.1, -0.05) is 293 Å². The van der Waals surface area contributed by atoms with E-state index in [-0.39, 0.29) is 0 Å². The second-order valence-corrected chi connectivity index (χ2v) is 42.1. The van der Waals surface area contributed by atoms with E-state index in [0.29, 0.717) is 0 Å². The Morgan fingerprint density at radius 2 is 0.262 bits per heavy atom. The number of benzene rings is 1. The van der Waals surface area contributed by atoms with Gasteiger partial charge in [-0.25, -0.2) is 0 Å². The molecule has 1 aromatic rings. The van der Waals surface area contributed by atoms with E-state index >= 15 is 0 Å². The second kappa shape index (κ2) is 61.0. The number of hydrogen-bond acceptors (Lipinski definition) is 0. The average molecular weight is 1230 g/mol. The predicted molar refractivity (Wildman–Crippen MR) is 403 cm³/mol. The van der Waals surface area contributed by atoms with Gasteiger partial charge in [-0.05, 0) is 150 Å². The Kier molecular flexibility index (Phi) is 60.0. The van der Waals surface area contributed by atoms with Crippen LogP contribution in [0, 0.1) is 0 Å². The highest BCUT2D eigenvalue weighted by Crippen LogP contribution is 2.67. The van der Waals surface area contributed by atoms with Gasteiger partial charge in [0.15, 0.2) is 0 Å². The quantitative estimate of drug-likeness (QED) is 0.0450. The molecule has 1 rings (SSSR count). The molecule has 0 aliphatic rings. The molecule has 0 N–H and O–H groups in total. The van der Waals surface area contributed by atoms with Crippen molar-refractivity contribution in [2.75, 3.05) is 55.5 Å². The highest BCUT2D eigenvalue weighted by molar-refractivity contribution is 7.75. The molecule has 3 heteroatoms. The van der Waals surface area contributed by atoms with Gasteiger partial charge in [-0.2, -0.15) is 0 Å². The smallest absolute Gasteiger partial charge is 0.0654 e. The van der Waals surface area contributed by atoms with E-state index in [2.05, 4.69) is 80.5 Å². The fourth-order valence-electron chi connectivity index (χ4n) is 15.0. The van der Waals surface area contributed by atoms with Crippen LogP contribution in [0.3, 0.4) is 0 Å². The Labute approximate surface area is 536 Å². The minimum Gasteiger partial charge on any atom is -0.0654 e. The standard InChI is InChI=1S/C81H162P3/c1-10-19-28-37-46-55-64-82(65-56-47-38-29-20-11-2,66-57-48-39-30-21-12-3)76-79-73-80(77-83(67-58-49-40-31-22-13-4,68-59-50-41-32-23-14-5)69-60-51-42-33-24-15-6)75-81(74-79)78-84(70-61-52-43-34-25-16-7,71-62-53-44-35-26-17-8)72-63-54-45-36-27-18-9/h73-75H,10-72,76-78H2,1-9H3/q+3. The largest absolute Gasteiger partial charge is 0.0843 e. The molecule has 0 heterocycles. The SMILES string of the molecule is CCCCCCCC[P+](CCCCCCCC)(CCCCCCCC)Cc1cc(C[P+](CCCCCCCC)(CCCCCCCC)CCCCCCCC)cc(C[P+](CCCCCCCC)(CCCCCCCC)CCCCCCCC)c1. The lowest BCUT2D eigenvalue weighted by atomic mass is 10.1. The van der Waals surface area contributed by atoms with Crippen LogP contribution in [-0.2, 0) is 18.5 Å². The van der Waals surface area contributed by atoms with Gasteiger partial charge in [0.2, 0.25) is 0 Å². The van der Waals surface area contributed by atoms with Gasteiger partial charge in [0.25, 0.3) is 0 Å². The van der Waals surface area contributed by atoms with Crippen molar-refractivity contribution in [1.82, 2.24) is 0 Å². The van der Waals surface area contributed by atoms with Gasteiger partial charge < -0.3 is 0 Å². The second-order valence-electron chi connectivity index (χ2n) is 29.1. The lowest BCUT2D eigenvalue weighted by Gasteiger charge is -2.32. The summed E-state index contributed by atoms with van der Waals surface area (Å²) in [4.78, 5) is 0. The van der Waals surface area contributed by atoms with Crippen LogP contribution in [0.2, 0.25) is 0 Å². The Morgan fingerprint density at radius 1 is 0.155 bits per heavy atom. The molecule has 0 aliphatic carbocycles. The maximum absolute atomic E-state index is 3.02. The molecule has 0 radical (unpaired) electrons. The van der Waals surface area contributed by atoms with Gasteiger partial charge >= 0.3 is 0 Å². The summed E-state index contributed by atoms with van der Waals surface area (Å²) < 4.78 is 0. The third kappa shape index (κ3) is 46.6. The normalized spacial score (nSPS) is 12.4. The van der Waals surface area contributed by atoms with Crippen molar-refractivity contribution in [2.24, 2.45) is 0 Å². The molecule has 84 heavy (non-hydrogen) atoms. The molecule has 0 atom stereocenters. The summed E-state index contributed by atoms with van der Waals surface area (Å²) in [7, 11) is -3.59. The molecular weight excluding hydrogens is 1070 g/mol. The molecule has 1 aromatic carbocycles. The van der Waals surface area contributed by atoms with E-state index in [1.165, 1.54) is 365 Å². The van der Waals surface area contributed by atoms with Crippen LogP contribution >= 0.6 is 21.8 Å². The first-order chi connectivity index (χ1) is 41.3. The zero-order valence-corrected chi connectivity index (χ0v) is 62.9. The summed E-state index contributed by atoms with van der Waals surface area (Å²) in [6.45, 7) is 21.7. The zero-order chi connectivity index (χ0) is 61.0. The summed E-state index contributed by atoms with van der Waals surface area (Å²) in [5.74, 6) is 0. The molecule has 0 saturated carbocycles. The fraction of sp³-hybridized carbons (Fsp3) is 0.926. The highest BCUT2D eigenvalue weighted by atomic mass is 31.2. The molecule has 0 aromatic heterocycles. The molecular formula is C81H162P3+3.